The topological polar surface area (TPSA) is 161 Å². The van der Waals surface area contributed by atoms with E-state index in [4.69, 9.17) is 24.7 Å². The van der Waals surface area contributed by atoms with Crippen LogP contribution in [0.5, 0.6) is 5.88 Å². The van der Waals surface area contributed by atoms with Gasteiger partial charge in [0.15, 0.2) is 18.5 Å². The standard InChI is InChI=1S/C26H39N6O7P/c1-3-37-24(33)18-7-5-9-20(18)40(35,32-12-6-8-19(32)25(34)38-4-2)16-36-14-13-31-15-28-21-22(31)29-26(27)30-23(21)39-17-10-11-17/h15,17-20H,3-14,16H2,1-2H3,(H2,27,29,30)/t18-,19+,20?,40?/m1/s1. The van der Waals surface area contributed by atoms with E-state index in [-0.39, 0.29) is 50.2 Å². The Labute approximate surface area is 233 Å². The second-order valence-electron chi connectivity index (χ2n) is 10.5. The van der Waals surface area contributed by atoms with Crippen LogP contribution in [0.4, 0.5) is 5.95 Å². The van der Waals surface area contributed by atoms with Crippen molar-refractivity contribution in [2.24, 2.45) is 5.92 Å². The summed E-state index contributed by atoms with van der Waals surface area (Å²) in [4.78, 5) is 38.6. The minimum Gasteiger partial charge on any atom is -0.473 e. The molecule has 5 rings (SSSR count). The van der Waals surface area contributed by atoms with E-state index in [1.807, 2.05) is 0 Å². The number of hydrogen-bond acceptors (Lipinski definition) is 11. The number of nitrogens with two attached hydrogens (primary N) is 1. The Balaban J connectivity index is 1.32. The summed E-state index contributed by atoms with van der Waals surface area (Å²) in [5.74, 6) is -0.721. The molecule has 3 fully saturated rings. The van der Waals surface area contributed by atoms with E-state index in [2.05, 4.69) is 15.0 Å². The average molecular weight is 579 g/mol. The first-order valence-electron chi connectivity index (χ1n) is 14.3. The van der Waals surface area contributed by atoms with E-state index in [0.29, 0.717) is 49.4 Å². The van der Waals surface area contributed by atoms with Crippen molar-refractivity contribution in [1.29, 1.82) is 0 Å². The second kappa shape index (κ2) is 12.4. The molecule has 14 heteroatoms. The van der Waals surface area contributed by atoms with Crippen molar-refractivity contribution >= 4 is 36.3 Å². The van der Waals surface area contributed by atoms with E-state index in [1.165, 1.54) is 0 Å². The van der Waals surface area contributed by atoms with Gasteiger partial charge in [0.25, 0.3) is 0 Å². The molecule has 40 heavy (non-hydrogen) atoms. The lowest BCUT2D eigenvalue weighted by Crippen LogP contribution is -2.40. The zero-order valence-electron chi connectivity index (χ0n) is 23.2. The fourth-order valence-corrected chi connectivity index (χ4v) is 9.52. The van der Waals surface area contributed by atoms with E-state index in [9.17, 15) is 14.2 Å². The third-order valence-corrected chi connectivity index (χ3v) is 11.4. The first-order chi connectivity index (χ1) is 19.4. The van der Waals surface area contributed by atoms with Gasteiger partial charge in [-0.05, 0) is 52.4 Å². The number of imidazole rings is 1. The molecule has 2 aliphatic carbocycles. The third kappa shape index (κ3) is 5.96. The molecule has 0 aromatic carbocycles. The summed E-state index contributed by atoms with van der Waals surface area (Å²) in [6, 6.07) is -0.611. The minimum absolute atomic E-state index is 0.0801. The van der Waals surface area contributed by atoms with Crippen LogP contribution in [0.1, 0.15) is 58.8 Å². The van der Waals surface area contributed by atoms with Crippen molar-refractivity contribution in [3.05, 3.63) is 6.33 Å². The number of aromatic nitrogens is 4. The quantitative estimate of drug-likeness (QED) is 0.210. The summed E-state index contributed by atoms with van der Waals surface area (Å²) in [6.07, 6.45) is 6.92. The highest BCUT2D eigenvalue weighted by molar-refractivity contribution is 7.62. The Morgan fingerprint density at radius 1 is 1.05 bits per heavy atom. The first kappa shape index (κ1) is 28.8. The summed E-state index contributed by atoms with van der Waals surface area (Å²) in [7, 11) is -3.34. The van der Waals surface area contributed by atoms with E-state index >= 15 is 0 Å². The molecule has 0 radical (unpaired) electrons. The number of fused-ring (bicyclic) bond motifs is 1. The Hall–Kier alpha value is -2.76. The molecule has 3 heterocycles. The lowest BCUT2D eigenvalue weighted by Gasteiger charge is -2.37. The zero-order valence-corrected chi connectivity index (χ0v) is 24.1. The smallest absolute Gasteiger partial charge is 0.323 e. The molecule has 1 aliphatic heterocycles. The zero-order chi connectivity index (χ0) is 28.3. The molecular formula is C26H39N6O7P. The minimum atomic E-state index is -3.34. The molecule has 0 spiro atoms. The number of esters is 2. The maximum Gasteiger partial charge on any atom is 0.323 e. The van der Waals surface area contributed by atoms with Gasteiger partial charge in [-0.1, -0.05) is 6.42 Å². The predicted octanol–water partition coefficient (Wildman–Crippen LogP) is 2.96. The highest BCUT2D eigenvalue weighted by atomic mass is 31.2. The molecule has 2 aromatic rings. The largest absolute Gasteiger partial charge is 0.473 e. The van der Waals surface area contributed by atoms with Crippen molar-refractivity contribution < 1.29 is 33.1 Å². The van der Waals surface area contributed by atoms with Crippen LogP contribution in [-0.2, 0) is 34.9 Å². The van der Waals surface area contributed by atoms with E-state index in [1.54, 1.807) is 29.4 Å². The van der Waals surface area contributed by atoms with Crippen LogP contribution < -0.4 is 10.5 Å². The van der Waals surface area contributed by atoms with Gasteiger partial charge in [-0.15, -0.1) is 0 Å². The molecular weight excluding hydrogens is 539 g/mol. The molecule has 4 atom stereocenters. The summed E-state index contributed by atoms with van der Waals surface area (Å²) in [6.45, 7) is 5.12. The van der Waals surface area contributed by atoms with Gasteiger partial charge in [0.1, 0.15) is 18.5 Å². The van der Waals surface area contributed by atoms with E-state index in [0.717, 1.165) is 25.7 Å². The molecule has 0 bridgehead atoms. The van der Waals surface area contributed by atoms with Crippen LogP contribution in [0.2, 0.25) is 0 Å². The van der Waals surface area contributed by atoms with Crippen molar-refractivity contribution in [1.82, 2.24) is 24.2 Å². The van der Waals surface area contributed by atoms with Crippen LogP contribution in [0, 0.1) is 5.92 Å². The summed E-state index contributed by atoms with van der Waals surface area (Å²) in [5.41, 5.74) is 6.56. The highest BCUT2D eigenvalue weighted by Crippen LogP contribution is 2.63. The number of nitrogen functional groups attached to an aromatic ring is 1. The van der Waals surface area contributed by atoms with Gasteiger partial charge in [-0.2, -0.15) is 9.97 Å². The lowest BCUT2D eigenvalue weighted by atomic mass is 10.1. The van der Waals surface area contributed by atoms with Gasteiger partial charge in [0.2, 0.25) is 11.8 Å². The molecule has 2 aromatic heterocycles. The van der Waals surface area contributed by atoms with Gasteiger partial charge in [0.05, 0.1) is 32.1 Å². The van der Waals surface area contributed by atoms with Gasteiger partial charge in [-0.25, -0.2) is 9.65 Å². The van der Waals surface area contributed by atoms with Crippen LogP contribution in [0.15, 0.2) is 6.33 Å². The summed E-state index contributed by atoms with van der Waals surface area (Å²) < 4.78 is 41.1. The second-order valence-corrected chi connectivity index (χ2v) is 13.5. The maximum absolute atomic E-state index is 14.9. The third-order valence-electron chi connectivity index (χ3n) is 7.81. The normalized spacial score (nSPS) is 24.7. The number of carbonyl (C=O) groups is 2. The van der Waals surface area contributed by atoms with Crippen LogP contribution in [0.25, 0.3) is 11.2 Å². The SMILES string of the molecule is CCOC(=O)[C@@H]1CCCC1P(=O)(COCCn1cnc2c(OC3CC3)nc(N)nc21)N1CCC[C@H]1C(=O)OCC. The molecule has 13 nitrogen and oxygen atoms in total. The monoisotopic (exact) mass is 578 g/mol. The van der Waals surface area contributed by atoms with E-state index < -0.39 is 24.9 Å². The Morgan fingerprint density at radius 2 is 1.82 bits per heavy atom. The number of nitrogens with zero attached hydrogens (tertiary/aromatic N) is 5. The first-order valence-corrected chi connectivity index (χ1v) is 16.2. The van der Waals surface area contributed by atoms with Crippen LogP contribution >= 0.6 is 7.29 Å². The predicted molar refractivity (Wildman–Crippen MR) is 146 cm³/mol. The maximum atomic E-state index is 14.9. The molecule has 0 amide bonds. The fourth-order valence-electron chi connectivity index (χ4n) is 5.82. The Morgan fingerprint density at radius 3 is 2.58 bits per heavy atom. The van der Waals surface area contributed by atoms with Gasteiger partial charge >= 0.3 is 11.9 Å². The van der Waals surface area contributed by atoms with Crippen LogP contribution in [-0.4, -0.2) is 86.6 Å². The fraction of sp³-hybridized carbons (Fsp3) is 0.731. The Kier molecular flexibility index (Phi) is 8.92. The molecule has 1 saturated heterocycles. The van der Waals surface area contributed by atoms with Crippen molar-refractivity contribution in [2.75, 3.05) is 38.4 Å². The number of carbonyl (C=O) groups excluding carboxylic acids is 2. The van der Waals surface area contributed by atoms with Gasteiger partial charge < -0.3 is 33.8 Å². The molecule has 3 aliphatic rings. The number of ether oxygens (including phenoxy) is 4. The van der Waals surface area contributed by atoms with Crippen molar-refractivity contribution in [3.63, 3.8) is 0 Å². The number of rotatable bonds is 13. The van der Waals surface area contributed by atoms with Gasteiger partial charge in [0, 0.05) is 18.7 Å². The number of hydrogen-bond donors (Lipinski definition) is 1. The number of anilines is 1. The summed E-state index contributed by atoms with van der Waals surface area (Å²) in [5, 5.41) is 0. The van der Waals surface area contributed by atoms with Crippen molar-refractivity contribution in [2.45, 2.75) is 83.1 Å². The van der Waals surface area contributed by atoms with Gasteiger partial charge in [-0.3, -0.25) is 9.59 Å². The lowest BCUT2D eigenvalue weighted by molar-refractivity contribution is -0.147. The average Bonchev–Trinajstić information content (AvgIpc) is 3.31. The Bertz CT molecular complexity index is 1230. The summed E-state index contributed by atoms with van der Waals surface area (Å²) >= 11 is 0. The molecule has 2 N–H and O–H groups in total. The van der Waals surface area contributed by atoms with Crippen LogP contribution in [0.3, 0.4) is 0 Å². The highest BCUT2D eigenvalue weighted by Gasteiger charge is 2.52. The molecule has 2 saturated carbocycles. The molecule has 220 valence electrons. The molecule has 2 unspecified atom stereocenters. The van der Waals surface area contributed by atoms with Crippen molar-refractivity contribution in [3.8, 4) is 5.88 Å².